The summed E-state index contributed by atoms with van der Waals surface area (Å²) < 4.78 is 0. The molecular formula is C30H48O3. The van der Waals surface area contributed by atoms with Gasteiger partial charge in [-0.2, -0.15) is 0 Å². The van der Waals surface area contributed by atoms with E-state index >= 15 is 0 Å². The smallest absolute Gasteiger partial charge is 0.138 e. The number of hydrogen-bond donors (Lipinski definition) is 2. The number of allylic oxidation sites excluding steroid dienone is 2. The van der Waals surface area contributed by atoms with Crippen molar-refractivity contribution in [3.63, 3.8) is 0 Å². The number of carbonyl (C=O) groups is 1. The van der Waals surface area contributed by atoms with Crippen molar-refractivity contribution in [2.45, 2.75) is 112 Å². The first-order chi connectivity index (χ1) is 15.1. The second-order valence-electron chi connectivity index (χ2n) is 13.9. The highest BCUT2D eigenvalue weighted by Crippen LogP contribution is 2.73. The SMILES string of the molecule is C[C@@H]([C@H](O)/C=C/C(C)(C)O)[C@@H]1CC[C@]2(C)C3=CC[C@H]4C(C)(C)C(=O)CC[C@]4(C)[C@H]3CC[C@@]12C. The van der Waals surface area contributed by atoms with Gasteiger partial charge in [0.25, 0.3) is 0 Å². The Labute approximate surface area is 202 Å². The molecule has 186 valence electrons. The topological polar surface area (TPSA) is 57.5 Å². The monoisotopic (exact) mass is 456 g/mol. The molecule has 33 heavy (non-hydrogen) atoms. The minimum atomic E-state index is -0.902. The molecule has 3 saturated carbocycles. The lowest BCUT2D eigenvalue weighted by Crippen LogP contribution is -2.57. The van der Waals surface area contributed by atoms with Crippen molar-refractivity contribution in [2.75, 3.05) is 0 Å². The highest BCUT2D eigenvalue weighted by molar-refractivity contribution is 5.85. The second kappa shape index (κ2) is 7.79. The van der Waals surface area contributed by atoms with Gasteiger partial charge in [-0.3, -0.25) is 4.79 Å². The van der Waals surface area contributed by atoms with Crippen LogP contribution < -0.4 is 0 Å². The predicted molar refractivity (Wildman–Crippen MR) is 135 cm³/mol. The van der Waals surface area contributed by atoms with Crippen LogP contribution in [0.3, 0.4) is 0 Å². The number of hydrogen-bond acceptors (Lipinski definition) is 3. The molecule has 0 saturated heterocycles. The lowest BCUT2D eigenvalue weighted by Gasteiger charge is -2.63. The lowest BCUT2D eigenvalue weighted by molar-refractivity contribution is -0.146. The van der Waals surface area contributed by atoms with Crippen molar-refractivity contribution >= 4 is 5.78 Å². The van der Waals surface area contributed by atoms with Crippen molar-refractivity contribution in [3.8, 4) is 0 Å². The highest BCUT2D eigenvalue weighted by Gasteiger charge is 2.65. The molecule has 0 radical (unpaired) electrons. The van der Waals surface area contributed by atoms with Gasteiger partial charge in [0.15, 0.2) is 0 Å². The molecule has 8 atom stereocenters. The first kappa shape index (κ1) is 25.2. The third-order valence-corrected chi connectivity index (χ3v) is 11.5. The van der Waals surface area contributed by atoms with Crippen LogP contribution in [-0.2, 0) is 4.79 Å². The number of fused-ring (bicyclic) bond motifs is 5. The van der Waals surface area contributed by atoms with Crippen molar-refractivity contribution < 1.29 is 15.0 Å². The van der Waals surface area contributed by atoms with Crippen LogP contribution >= 0.6 is 0 Å². The zero-order chi connectivity index (χ0) is 24.6. The number of aliphatic hydroxyl groups excluding tert-OH is 1. The fraction of sp³-hybridized carbons (Fsp3) is 0.833. The van der Waals surface area contributed by atoms with E-state index in [9.17, 15) is 15.0 Å². The first-order valence-electron chi connectivity index (χ1n) is 13.4. The van der Waals surface area contributed by atoms with E-state index in [2.05, 4.69) is 47.6 Å². The maximum Gasteiger partial charge on any atom is 0.138 e. The summed E-state index contributed by atoms with van der Waals surface area (Å²) in [6.45, 7) is 17.6. The molecule has 4 aliphatic rings. The number of carbonyl (C=O) groups excluding carboxylic acids is 1. The number of rotatable bonds is 4. The highest BCUT2D eigenvalue weighted by atomic mass is 16.3. The van der Waals surface area contributed by atoms with E-state index in [1.807, 2.05) is 6.08 Å². The van der Waals surface area contributed by atoms with Crippen LogP contribution in [0.15, 0.2) is 23.8 Å². The van der Waals surface area contributed by atoms with Crippen LogP contribution in [0.25, 0.3) is 0 Å². The number of ketones is 1. The van der Waals surface area contributed by atoms with Gasteiger partial charge in [-0.1, -0.05) is 65.3 Å². The quantitative estimate of drug-likeness (QED) is 0.476. The summed E-state index contributed by atoms with van der Waals surface area (Å²) >= 11 is 0. The van der Waals surface area contributed by atoms with Gasteiger partial charge in [0.1, 0.15) is 5.78 Å². The maximum absolute atomic E-state index is 12.8. The molecule has 4 aliphatic carbocycles. The maximum atomic E-state index is 12.8. The average Bonchev–Trinajstić information content (AvgIpc) is 3.00. The Bertz CT molecular complexity index is 860. The summed E-state index contributed by atoms with van der Waals surface area (Å²) in [6.07, 6.45) is 13.1. The van der Waals surface area contributed by atoms with Crippen LogP contribution in [0.1, 0.15) is 100 Å². The van der Waals surface area contributed by atoms with Crippen molar-refractivity contribution in [3.05, 3.63) is 23.8 Å². The third-order valence-electron chi connectivity index (χ3n) is 11.5. The zero-order valence-electron chi connectivity index (χ0n) is 22.4. The minimum Gasteiger partial charge on any atom is -0.389 e. The average molecular weight is 457 g/mol. The fourth-order valence-corrected chi connectivity index (χ4v) is 9.14. The normalized spacial score (nSPS) is 44.6. The Morgan fingerprint density at radius 2 is 1.76 bits per heavy atom. The van der Waals surface area contributed by atoms with Crippen molar-refractivity contribution in [1.29, 1.82) is 0 Å². The van der Waals surface area contributed by atoms with E-state index in [1.54, 1.807) is 25.5 Å². The van der Waals surface area contributed by atoms with Crippen LogP contribution in [0.4, 0.5) is 0 Å². The van der Waals surface area contributed by atoms with Gasteiger partial charge in [0.05, 0.1) is 11.7 Å². The van der Waals surface area contributed by atoms with Crippen molar-refractivity contribution in [2.24, 2.45) is 45.3 Å². The Hall–Kier alpha value is -0.930. The minimum absolute atomic E-state index is 0.158. The Morgan fingerprint density at radius 1 is 1.09 bits per heavy atom. The largest absolute Gasteiger partial charge is 0.389 e. The van der Waals surface area contributed by atoms with E-state index in [0.29, 0.717) is 23.5 Å². The fourth-order valence-electron chi connectivity index (χ4n) is 9.14. The van der Waals surface area contributed by atoms with Gasteiger partial charge in [0.2, 0.25) is 0 Å². The molecule has 0 aromatic carbocycles. The molecule has 3 nitrogen and oxygen atoms in total. The van der Waals surface area contributed by atoms with E-state index in [-0.39, 0.29) is 27.6 Å². The molecule has 0 spiro atoms. The van der Waals surface area contributed by atoms with Crippen LogP contribution in [0, 0.1) is 45.3 Å². The summed E-state index contributed by atoms with van der Waals surface area (Å²) in [7, 11) is 0. The van der Waals surface area contributed by atoms with Gasteiger partial charge in [-0.25, -0.2) is 0 Å². The molecule has 0 aliphatic heterocycles. The summed E-state index contributed by atoms with van der Waals surface area (Å²) in [4.78, 5) is 12.8. The molecule has 2 N–H and O–H groups in total. The molecule has 4 rings (SSSR count). The van der Waals surface area contributed by atoms with Crippen LogP contribution in [0.2, 0.25) is 0 Å². The summed E-state index contributed by atoms with van der Waals surface area (Å²) in [6, 6.07) is 0. The molecule has 0 unspecified atom stereocenters. The van der Waals surface area contributed by atoms with E-state index in [0.717, 1.165) is 25.7 Å². The van der Waals surface area contributed by atoms with Gasteiger partial charge >= 0.3 is 0 Å². The predicted octanol–water partition coefficient (Wildman–Crippen LogP) is 6.48. The molecule has 0 bridgehead atoms. The molecular weight excluding hydrogens is 408 g/mol. The lowest BCUT2D eigenvalue weighted by atomic mass is 9.41. The Kier molecular flexibility index (Phi) is 5.94. The van der Waals surface area contributed by atoms with E-state index in [1.165, 1.54) is 19.3 Å². The molecule has 0 aromatic heterocycles. The van der Waals surface area contributed by atoms with Gasteiger partial charge < -0.3 is 10.2 Å². The van der Waals surface area contributed by atoms with E-state index in [4.69, 9.17) is 0 Å². The summed E-state index contributed by atoms with van der Waals surface area (Å²) in [5.41, 5.74) is 1.10. The molecule has 3 fully saturated rings. The first-order valence-corrected chi connectivity index (χ1v) is 13.4. The standard InChI is InChI=1S/C30H48O3/c1-19(23(31)13-15-26(2,3)33)20-11-17-30(8)22-9-10-24-27(4,5)25(32)14-16-28(24,6)21(22)12-18-29(20,30)7/h9,13,15,19-21,23-24,31,33H,10-12,14,16-18H2,1-8H3/b15-13+/t19-,20+,21+,23-,24+,28-,29+,30-/m1/s1. The molecule has 0 aromatic rings. The molecule has 3 heteroatoms. The summed E-state index contributed by atoms with van der Waals surface area (Å²) in [5, 5.41) is 21.1. The molecule has 0 heterocycles. The zero-order valence-corrected chi connectivity index (χ0v) is 22.4. The number of Topliss-reactive ketones (excluding diaryl/α,β-unsaturated/α-hetero) is 1. The number of aliphatic hydroxyl groups is 2. The van der Waals surface area contributed by atoms with Gasteiger partial charge in [-0.15, -0.1) is 0 Å². The van der Waals surface area contributed by atoms with Gasteiger partial charge in [0, 0.05) is 11.8 Å². The Morgan fingerprint density at radius 3 is 2.39 bits per heavy atom. The van der Waals surface area contributed by atoms with Crippen molar-refractivity contribution in [1.82, 2.24) is 0 Å². The van der Waals surface area contributed by atoms with Gasteiger partial charge in [-0.05, 0) is 92.3 Å². The van der Waals surface area contributed by atoms with Crippen LogP contribution in [0.5, 0.6) is 0 Å². The Balaban J connectivity index is 1.65. The molecule has 0 amide bonds. The third kappa shape index (κ3) is 3.63. The van der Waals surface area contributed by atoms with E-state index < -0.39 is 11.7 Å². The second-order valence-corrected chi connectivity index (χ2v) is 13.9. The summed E-state index contributed by atoms with van der Waals surface area (Å²) in [5.74, 6) is 2.09. The van der Waals surface area contributed by atoms with Crippen LogP contribution in [-0.4, -0.2) is 27.7 Å².